The minimum Gasteiger partial charge on any atom is -0.557 e. The molecule has 0 spiro atoms. The number of aliphatic hydroxyl groups is 2. The molecule has 1 aliphatic rings. The number of hydrogen-bond acceptors (Lipinski definition) is 4. The normalized spacial score (nSPS) is 39.2. The molecule has 5 heteroatoms. The van der Waals surface area contributed by atoms with Crippen LogP contribution in [0.2, 0.25) is 0 Å². The maximum atomic E-state index is 10.0. The van der Waals surface area contributed by atoms with Gasteiger partial charge in [0.05, 0.1) is 18.3 Å². The van der Waals surface area contributed by atoms with Crippen LogP contribution in [0.3, 0.4) is 0 Å². The molecule has 0 saturated carbocycles. The van der Waals surface area contributed by atoms with Gasteiger partial charge in [0.1, 0.15) is 0 Å². The summed E-state index contributed by atoms with van der Waals surface area (Å²) in [6.07, 6.45) is -0.502. The summed E-state index contributed by atoms with van der Waals surface area (Å²) in [6, 6.07) is 0. The molecule has 2 N–H and O–H groups in total. The summed E-state index contributed by atoms with van der Waals surface area (Å²) in [5, 5.41) is 20.0. The SMILES string of the molecule is CC1OC(C)(COC(C)(C)C)[C-](O)C1(C)O.[Y]. The average molecular weight is 320 g/mol. The third kappa shape index (κ3) is 3.95. The summed E-state index contributed by atoms with van der Waals surface area (Å²) in [6.45, 7) is 11.0. The molecule has 4 nitrogen and oxygen atoms in total. The van der Waals surface area contributed by atoms with Crippen LogP contribution in [0.5, 0.6) is 0 Å². The first-order chi connectivity index (χ1) is 6.99. The average Bonchev–Trinajstić information content (AvgIpc) is 2.25. The van der Waals surface area contributed by atoms with Crippen molar-refractivity contribution in [2.24, 2.45) is 0 Å². The molecule has 3 atom stereocenters. The van der Waals surface area contributed by atoms with Gasteiger partial charge in [-0.05, 0) is 38.9 Å². The molecule has 1 aliphatic heterocycles. The third-order valence-corrected chi connectivity index (χ3v) is 2.99. The molecule has 99 valence electrons. The van der Waals surface area contributed by atoms with Crippen LogP contribution >= 0.6 is 0 Å². The van der Waals surface area contributed by atoms with Gasteiger partial charge in [-0.2, -0.15) is 0 Å². The van der Waals surface area contributed by atoms with Crippen molar-refractivity contribution in [3.05, 3.63) is 6.10 Å². The molecule has 17 heavy (non-hydrogen) atoms. The van der Waals surface area contributed by atoms with Crippen molar-refractivity contribution in [3.8, 4) is 0 Å². The number of ether oxygens (including phenoxy) is 2. The molecule has 0 amide bonds. The summed E-state index contributed by atoms with van der Waals surface area (Å²) in [7, 11) is 0. The minimum absolute atomic E-state index is 0. The molecule has 1 saturated heterocycles. The minimum atomic E-state index is -1.31. The van der Waals surface area contributed by atoms with Gasteiger partial charge in [-0.25, -0.2) is 0 Å². The van der Waals surface area contributed by atoms with E-state index in [1.165, 1.54) is 0 Å². The van der Waals surface area contributed by atoms with E-state index in [9.17, 15) is 10.2 Å². The van der Waals surface area contributed by atoms with Gasteiger partial charge in [0.2, 0.25) is 0 Å². The smallest absolute Gasteiger partial charge is 0.0598 e. The van der Waals surface area contributed by atoms with Crippen LogP contribution < -0.4 is 0 Å². The Morgan fingerprint density at radius 3 is 2.12 bits per heavy atom. The zero-order valence-electron chi connectivity index (χ0n) is 11.6. The van der Waals surface area contributed by atoms with E-state index >= 15 is 0 Å². The largest absolute Gasteiger partial charge is 0.557 e. The Hall–Kier alpha value is 0.944. The second-order valence-corrected chi connectivity index (χ2v) is 5.89. The maximum absolute atomic E-state index is 10.0. The molecule has 0 aromatic carbocycles. The Morgan fingerprint density at radius 1 is 1.35 bits per heavy atom. The van der Waals surface area contributed by atoms with E-state index in [1.54, 1.807) is 20.8 Å². The fraction of sp³-hybridized carbons (Fsp3) is 0.917. The molecule has 1 radical (unpaired) electrons. The second kappa shape index (κ2) is 5.52. The number of rotatable bonds is 2. The van der Waals surface area contributed by atoms with Crippen LogP contribution in [0, 0.1) is 6.10 Å². The zero-order chi connectivity index (χ0) is 12.8. The maximum Gasteiger partial charge on any atom is 0.0598 e. The van der Waals surface area contributed by atoms with Gasteiger partial charge in [-0.15, -0.1) is 6.10 Å². The fourth-order valence-corrected chi connectivity index (χ4v) is 1.75. The predicted octanol–water partition coefficient (Wildman–Crippen LogP) is 1.63. The molecule has 0 aromatic rings. The Kier molecular flexibility index (Phi) is 5.82. The molecular formula is C12H23O4Y-. The van der Waals surface area contributed by atoms with Gasteiger partial charge in [0.15, 0.2) is 0 Å². The van der Waals surface area contributed by atoms with Gasteiger partial charge >= 0.3 is 0 Å². The molecule has 1 fully saturated rings. The van der Waals surface area contributed by atoms with Crippen LogP contribution in [0.15, 0.2) is 0 Å². The van der Waals surface area contributed by atoms with Crippen molar-refractivity contribution >= 4 is 0 Å². The van der Waals surface area contributed by atoms with Crippen LogP contribution in [-0.2, 0) is 42.2 Å². The van der Waals surface area contributed by atoms with Crippen molar-refractivity contribution in [1.82, 2.24) is 0 Å². The molecule has 3 unspecified atom stereocenters. The van der Waals surface area contributed by atoms with Crippen LogP contribution in [0.25, 0.3) is 0 Å². The summed E-state index contributed by atoms with van der Waals surface area (Å²) in [4.78, 5) is 0. The van der Waals surface area contributed by atoms with Crippen molar-refractivity contribution in [2.45, 2.75) is 64.4 Å². The van der Waals surface area contributed by atoms with E-state index < -0.39 is 17.3 Å². The topological polar surface area (TPSA) is 58.9 Å². The van der Waals surface area contributed by atoms with Gasteiger partial charge < -0.3 is 19.7 Å². The van der Waals surface area contributed by atoms with E-state index in [-0.39, 0.29) is 51.0 Å². The van der Waals surface area contributed by atoms with Crippen molar-refractivity contribution in [3.63, 3.8) is 0 Å². The zero-order valence-corrected chi connectivity index (χ0v) is 14.4. The summed E-state index contributed by atoms with van der Waals surface area (Å²) in [5.41, 5.74) is -2.55. The van der Waals surface area contributed by atoms with Crippen LogP contribution in [0.4, 0.5) is 0 Å². The van der Waals surface area contributed by atoms with Crippen molar-refractivity contribution < 1.29 is 52.4 Å². The second-order valence-electron chi connectivity index (χ2n) is 5.89. The predicted molar refractivity (Wildman–Crippen MR) is 60.5 cm³/mol. The number of hydrogen-bond donors (Lipinski definition) is 2. The Bertz CT molecular complexity index is 262. The molecule has 0 aliphatic carbocycles. The van der Waals surface area contributed by atoms with Crippen LogP contribution in [-0.4, -0.2) is 39.7 Å². The van der Waals surface area contributed by atoms with Gasteiger partial charge in [-0.1, -0.05) is 13.8 Å². The Balaban J connectivity index is 0.00000256. The molecule has 1 rings (SSSR count). The van der Waals surface area contributed by atoms with Gasteiger partial charge in [-0.3, -0.25) is 0 Å². The van der Waals surface area contributed by atoms with Crippen molar-refractivity contribution in [2.75, 3.05) is 6.61 Å². The first-order valence-corrected chi connectivity index (χ1v) is 5.60. The van der Waals surface area contributed by atoms with E-state index in [1.807, 2.05) is 20.8 Å². The van der Waals surface area contributed by atoms with Crippen molar-refractivity contribution in [1.29, 1.82) is 0 Å². The summed E-state index contributed by atoms with van der Waals surface area (Å²) < 4.78 is 11.2. The third-order valence-electron chi connectivity index (χ3n) is 2.99. The van der Waals surface area contributed by atoms with Gasteiger partial charge in [0.25, 0.3) is 0 Å². The molecule has 0 bridgehead atoms. The monoisotopic (exact) mass is 320 g/mol. The first kappa shape index (κ1) is 17.9. The molecule has 0 aromatic heterocycles. The first-order valence-electron chi connectivity index (χ1n) is 5.60. The van der Waals surface area contributed by atoms with E-state index in [2.05, 4.69) is 0 Å². The Morgan fingerprint density at radius 2 is 1.82 bits per heavy atom. The Labute approximate surface area is 129 Å². The fourth-order valence-electron chi connectivity index (χ4n) is 1.75. The van der Waals surface area contributed by atoms with E-state index in [4.69, 9.17) is 9.47 Å². The summed E-state index contributed by atoms with van der Waals surface area (Å²) in [5.74, 6) is 0. The molecular weight excluding hydrogens is 297 g/mol. The standard InChI is InChI=1S/C12H23O4.Y/c1-8-12(6,14)9(13)11(5,16-8)7-15-10(2,3)4;/h8,13-14H,7H2,1-6H3;/q-1;. The van der Waals surface area contributed by atoms with E-state index in [0.717, 1.165) is 0 Å². The van der Waals surface area contributed by atoms with Gasteiger partial charge in [0, 0.05) is 32.7 Å². The van der Waals surface area contributed by atoms with E-state index in [0.29, 0.717) is 0 Å². The quantitative estimate of drug-likeness (QED) is 0.760. The number of aliphatic hydroxyl groups excluding tert-OH is 1. The molecule has 1 heterocycles. The van der Waals surface area contributed by atoms with Crippen LogP contribution in [0.1, 0.15) is 41.5 Å². The summed E-state index contributed by atoms with van der Waals surface area (Å²) >= 11 is 0.